The van der Waals surface area contributed by atoms with Gasteiger partial charge in [-0.2, -0.15) is 5.26 Å². The van der Waals surface area contributed by atoms with Crippen LogP contribution in [0.5, 0.6) is 0 Å². The molecule has 0 heterocycles. The van der Waals surface area contributed by atoms with E-state index in [2.05, 4.69) is 11.4 Å². The molecule has 0 aromatic carbocycles. The minimum atomic E-state index is -0.744. The SMILES string of the molecule is N#CC1CCCC1N/C=C(\C(=N)N)C(N)=O. The van der Waals surface area contributed by atoms with E-state index in [1.165, 1.54) is 6.20 Å². The number of nitrogens with one attached hydrogen (secondary N) is 2. The Morgan fingerprint density at radius 3 is 2.69 bits per heavy atom. The lowest BCUT2D eigenvalue weighted by molar-refractivity contribution is -0.114. The van der Waals surface area contributed by atoms with Gasteiger partial charge < -0.3 is 16.8 Å². The third-order valence-corrected chi connectivity index (χ3v) is 2.68. The standard InChI is InChI=1S/C10H15N5O/c11-4-6-2-1-3-8(6)15-5-7(9(12)13)10(14)16/h5-6,8,15H,1-3H2,(H3,12,13)(H2,14,16)/b7-5+. The first-order valence-corrected chi connectivity index (χ1v) is 5.06. The van der Waals surface area contributed by atoms with Gasteiger partial charge in [-0.15, -0.1) is 0 Å². The number of nitrogens with two attached hydrogens (primary N) is 2. The van der Waals surface area contributed by atoms with Gasteiger partial charge in [-0.3, -0.25) is 10.2 Å². The number of carbonyl (C=O) groups excluding carboxylic acids is 1. The molecule has 0 radical (unpaired) electrons. The maximum atomic E-state index is 10.9. The highest BCUT2D eigenvalue weighted by Gasteiger charge is 2.26. The van der Waals surface area contributed by atoms with Gasteiger partial charge in [0.05, 0.1) is 17.6 Å². The monoisotopic (exact) mass is 221 g/mol. The fraction of sp³-hybridized carbons (Fsp3) is 0.500. The number of hydrogen-bond acceptors (Lipinski definition) is 4. The van der Waals surface area contributed by atoms with Crippen LogP contribution in [-0.2, 0) is 4.79 Å². The molecule has 1 amide bonds. The minimum absolute atomic E-state index is 0.0127. The smallest absolute Gasteiger partial charge is 0.253 e. The van der Waals surface area contributed by atoms with E-state index in [9.17, 15) is 4.79 Å². The van der Waals surface area contributed by atoms with Crippen molar-refractivity contribution in [3.8, 4) is 6.07 Å². The molecule has 0 spiro atoms. The van der Waals surface area contributed by atoms with Crippen molar-refractivity contribution in [2.75, 3.05) is 0 Å². The van der Waals surface area contributed by atoms with Gasteiger partial charge in [0, 0.05) is 12.2 Å². The largest absolute Gasteiger partial charge is 0.386 e. The van der Waals surface area contributed by atoms with Gasteiger partial charge in [0.2, 0.25) is 0 Å². The van der Waals surface area contributed by atoms with E-state index in [-0.39, 0.29) is 23.4 Å². The molecule has 1 rings (SSSR count). The molecule has 86 valence electrons. The second-order valence-electron chi connectivity index (χ2n) is 3.78. The minimum Gasteiger partial charge on any atom is -0.386 e. The normalized spacial score (nSPS) is 24.8. The zero-order valence-corrected chi connectivity index (χ0v) is 8.86. The zero-order valence-electron chi connectivity index (χ0n) is 8.86. The number of nitrogens with zero attached hydrogens (tertiary/aromatic N) is 1. The van der Waals surface area contributed by atoms with E-state index < -0.39 is 5.91 Å². The molecule has 0 aromatic heterocycles. The van der Waals surface area contributed by atoms with E-state index in [1.54, 1.807) is 0 Å². The average molecular weight is 221 g/mol. The van der Waals surface area contributed by atoms with E-state index in [1.807, 2.05) is 0 Å². The third-order valence-electron chi connectivity index (χ3n) is 2.68. The molecule has 16 heavy (non-hydrogen) atoms. The van der Waals surface area contributed by atoms with Gasteiger partial charge >= 0.3 is 0 Å². The number of amidine groups is 1. The molecule has 0 saturated heterocycles. The first kappa shape index (κ1) is 12.0. The maximum Gasteiger partial charge on any atom is 0.253 e. The summed E-state index contributed by atoms with van der Waals surface area (Å²) in [5.74, 6) is -1.17. The first-order valence-electron chi connectivity index (χ1n) is 5.06. The summed E-state index contributed by atoms with van der Waals surface area (Å²) >= 11 is 0. The number of carbonyl (C=O) groups is 1. The topological polar surface area (TPSA) is 129 Å². The maximum absolute atomic E-state index is 10.9. The van der Waals surface area contributed by atoms with Crippen molar-refractivity contribution < 1.29 is 4.79 Å². The molecule has 2 atom stereocenters. The fourth-order valence-corrected chi connectivity index (χ4v) is 1.79. The van der Waals surface area contributed by atoms with E-state index in [0.29, 0.717) is 0 Å². The summed E-state index contributed by atoms with van der Waals surface area (Å²) < 4.78 is 0. The highest BCUT2D eigenvalue weighted by Crippen LogP contribution is 2.24. The summed E-state index contributed by atoms with van der Waals surface area (Å²) in [4.78, 5) is 10.9. The van der Waals surface area contributed by atoms with Crippen LogP contribution in [-0.4, -0.2) is 17.8 Å². The van der Waals surface area contributed by atoms with Gasteiger partial charge in [0.1, 0.15) is 5.84 Å². The van der Waals surface area contributed by atoms with Crippen LogP contribution in [0, 0.1) is 22.7 Å². The van der Waals surface area contributed by atoms with Gasteiger partial charge in [-0.25, -0.2) is 0 Å². The van der Waals surface area contributed by atoms with Crippen LogP contribution in [0.4, 0.5) is 0 Å². The number of hydrogen-bond donors (Lipinski definition) is 4. The molecular weight excluding hydrogens is 206 g/mol. The molecule has 0 aliphatic heterocycles. The highest BCUT2D eigenvalue weighted by atomic mass is 16.1. The van der Waals surface area contributed by atoms with Crippen LogP contribution in [0.3, 0.4) is 0 Å². The predicted molar refractivity (Wildman–Crippen MR) is 59.1 cm³/mol. The Labute approximate surface area is 93.8 Å². The van der Waals surface area contributed by atoms with E-state index in [4.69, 9.17) is 22.1 Å². The van der Waals surface area contributed by atoms with Crippen molar-refractivity contribution in [2.24, 2.45) is 17.4 Å². The van der Waals surface area contributed by atoms with Crippen molar-refractivity contribution in [3.63, 3.8) is 0 Å². The van der Waals surface area contributed by atoms with Gasteiger partial charge in [0.25, 0.3) is 5.91 Å². The number of rotatable bonds is 4. The Hall–Kier alpha value is -2.03. The van der Waals surface area contributed by atoms with Gasteiger partial charge in [0.15, 0.2) is 0 Å². The lowest BCUT2D eigenvalue weighted by Crippen LogP contribution is -2.32. The quantitative estimate of drug-likeness (QED) is 0.291. The molecule has 0 bridgehead atoms. The third kappa shape index (κ3) is 2.73. The van der Waals surface area contributed by atoms with Crippen molar-refractivity contribution in [3.05, 3.63) is 11.8 Å². The summed E-state index contributed by atoms with van der Waals surface area (Å²) in [5, 5.41) is 18.9. The number of nitriles is 1. The number of primary amides is 1. The van der Waals surface area contributed by atoms with E-state index in [0.717, 1.165) is 19.3 Å². The van der Waals surface area contributed by atoms with Crippen molar-refractivity contribution >= 4 is 11.7 Å². The van der Waals surface area contributed by atoms with Crippen LogP contribution in [0.25, 0.3) is 0 Å². The van der Waals surface area contributed by atoms with Crippen LogP contribution in [0.1, 0.15) is 19.3 Å². The van der Waals surface area contributed by atoms with Gasteiger partial charge in [-0.1, -0.05) is 0 Å². The van der Waals surface area contributed by atoms with Gasteiger partial charge in [-0.05, 0) is 19.3 Å². The predicted octanol–water partition coefficient (Wildman–Crippen LogP) is -0.427. The Bertz CT molecular complexity index is 352. The second kappa shape index (κ2) is 5.16. The summed E-state index contributed by atoms with van der Waals surface area (Å²) in [6.07, 6.45) is 4.05. The molecule has 6 heteroatoms. The van der Waals surface area contributed by atoms with Crippen LogP contribution in [0.15, 0.2) is 11.8 Å². The molecule has 6 nitrogen and oxygen atoms in total. The molecule has 1 aliphatic rings. The Kier molecular flexibility index (Phi) is 3.89. The molecule has 1 aliphatic carbocycles. The zero-order chi connectivity index (χ0) is 12.1. The van der Waals surface area contributed by atoms with Crippen LogP contribution >= 0.6 is 0 Å². The summed E-state index contributed by atoms with van der Waals surface area (Å²) in [6, 6.07) is 2.22. The van der Waals surface area contributed by atoms with Crippen LogP contribution < -0.4 is 16.8 Å². The molecule has 2 unspecified atom stereocenters. The van der Waals surface area contributed by atoms with Crippen LogP contribution in [0.2, 0.25) is 0 Å². The Morgan fingerprint density at radius 2 is 2.19 bits per heavy atom. The first-order chi connectivity index (χ1) is 7.56. The Balaban J connectivity index is 2.67. The number of amides is 1. The fourth-order valence-electron chi connectivity index (χ4n) is 1.79. The molecule has 0 aromatic rings. The molecule has 1 saturated carbocycles. The lowest BCUT2D eigenvalue weighted by atomic mass is 10.1. The molecule has 6 N–H and O–H groups in total. The summed E-state index contributed by atoms with van der Waals surface area (Å²) in [6.45, 7) is 0. The molecule has 1 fully saturated rings. The second-order valence-corrected chi connectivity index (χ2v) is 3.78. The summed E-state index contributed by atoms with van der Waals surface area (Å²) in [5.41, 5.74) is 10.2. The van der Waals surface area contributed by atoms with E-state index >= 15 is 0 Å². The average Bonchev–Trinajstić information content (AvgIpc) is 2.64. The van der Waals surface area contributed by atoms with Crippen molar-refractivity contribution in [1.29, 1.82) is 10.7 Å². The molecular formula is C10H15N5O. The highest BCUT2D eigenvalue weighted by molar-refractivity contribution is 6.18. The summed E-state index contributed by atoms with van der Waals surface area (Å²) in [7, 11) is 0. The Morgan fingerprint density at radius 1 is 1.50 bits per heavy atom. The van der Waals surface area contributed by atoms with Crippen molar-refractivity contribution in [1.82, 2.24) is 5.32 Å². The van der Waals surface area contributed by atoms with Crippen molar-refractivity contribution in [2.45, 2.75) is 25.3 Å². The lowest BCUT2D eigenvalue weighted by Gasteiger charge is -2.14.